The monoisotopic (exact) mass is 268 g/mol. The quantitative estimate of drug-likeness (QED) is 0.696. The van der Waals surface area contributed by atoms with Crippen LogP contribution in [0.2, 0.25) is 0 Å². The maximum absolute atomic E-state index is 11.0. The van der Waals surface area contributed by atoms with Crippen molar-refractivity contribution in [2.45, 2.75) is 39.5 Å². The average molecular weight is 269 g/mol. The molecule has 1 aliphatic carbocycles. The summed E-state index contributed by atoms with van der Waals surface area (Å²) in [6.07, 6.45) is 5.09. The highest BCUT2D eigenvalue weighted by Gasteiger charge is 2.26. The third-order valence-corrected chi connectivity index (χ3v) is 4.34. The summed E-state index contributed by atoms with van der Waals surface area (Å²) in [6.45, 7) is 4.93. The lowest BCUT2D eigenvalue weighted by Gasteiger charge is -2.23. The van der Waals surface area contributed by atoms with Crippen LogP contribution in [0.15, 0.2) is 0 Å². The zero-order valence-electron chi connectivity index (χ0n) is 10.0. The molecule has 0 unspecified atom stereocenters. The highest BCUT2D eigenvalue weighted by Crippen LogP contribution is 2.26. The molecule has 3 nitrogen and oxygen atoms in total. The van der Waals surface area contributed by atoms with Gasteiger partial charge in [0, 0.05) is 22.7 Å². The SMILES string of the molecule is CC(C)(COCC1CCCC1)CS(=O)(=O)Cl. The number of halogens is 1. The van der Waals surface area contributed by atoms with Crippen molar-refractivity contribution in [1.82, 2.24) is 0 Å². The van der Waals surface area contributed by atoms with E-state index < -0.39 is 14.5 Å². The van der Waals surface area contributed by atoms with Crippen LogP contribution in [0.1, 0.15) is 39.5 Å². The van der Waals surface area contributed by atoms with Gasteiger partial charge in [0.05, 0.1) is 12.4 Å². The summed E-state index contributed by atoms with van der Waals surface area (Å²) in [5.41, 5.74) is -0.404. The smallest absolute Gasteiger partial charge is 0.233 e. The van der Waals surface area contributed by atoms with Crippen LogP contribution in [0.5, 0.6) is 0 Å². The van der Waals surface area contributed by atoms with Crippen molar-refractivity contribution in [1.29, 1.82) is 0 Å². The third-order valence-electron chi connectivity index (χ3n) is 2.88. The normalized spacial score (nSPS) is 19.2. The largest absolute Gasteiger partial charge is 0.381 e. The highest BCUT2D eigenvalue weighted by molar-refractivity contribution is 8.13. The molecular weight excluding hydrogens is 248 g/mol. The van der Waals surface area contributed by atoms with Gasteiger partial charge in [0.25, 0.3) is 0 Å². The molecule has 0 aromatic rings. The topological polar surface area (TPSA) is 43.4 Å². The molecule has 1 rings (SSSR count). The number of rotatable bonds is 6. The van der Waals surface area contributed by atoms with Gasteiger partial charge in [0.2, 0.25) is 9.05 Å². The Hall–Kier alpha value is 0.200. The van der Waals surface area contributed by atoms with Crippen LogP contribution in [0, 0.1) is 11.3 Å². The molecule has 0 N–H and O–H groups in total. The van der Waals surface area contributed by atoms with Crippen LogP contribution in [0.3, 0.4) is 0 Å². The lowest BCUT2D eigenvalue weighted by atomic mass is 9.98. The average Bonchev–Trinajstić information content (AvgIpc) is 2.51. The first-order valence-electron chi connectivity index (χ1n) is 5.79. The van der Waals surface area contributed by atoms with Gasteiger partial charge in [0.1, 0.15) is 0 Å². The van der Waals surface area contributed by atoms with E-state index in [1.54, 1.807) is 0 Å². The molecule has 0 heterocycles. The molecule has 1 aliphatic rings. The summed E-state index contributed by atoms with van der Waals surface area (Å²) >= 11 is 0. The Kier molecular flexibility index (Phi) is 5.08. The van der Waals surface area contributed by atoms with Crippen molar-refractivity contribution in [2.24, 2.45) is 11.3 Å². The van der Waals surface area contributed by atoms with Crippen molar-refractivity contribution in [2.75, 3.05) is 19.0 Å². The van der Waals surface area contributed by atoms with Gasteiger partial charge in [-0.05, 0) is 18.8 Å². The minimum atomic E-state index is -3.44. The van der Waals surface area contributed by atoms with Gasteiger partial charge >= 0.3 is 0 Å². The Morgan fingerprint density at radius 1 is 1.31 bits per heavy atom. The predicted octanol–water partition coefficient (Wildman–Crippen LogP) is 2.79. The Morgan fingerprint density at radius 3 is 2.38 bits per heavy atom. The first-order chi connectivity index (χ1) is 7.29. The molecule has 0 aliphatic heterocycles. The van der Waals surface area contributed by atoms with Gasteiger partial charge in [-0.3, -0.25) is 0 Å². The molecule has 0 saturated heterocycles. The molecule has 0 amide bonds. The van der Waals surface area contributed by atoms with Crippen molar-refractivity contribution in [3.05, 3.63) is 0 Å². The van der Waals surface area contributed by atoms with Crippen LogP contribution in [-0.4, -0.2) is 27.4 Å². The second-order valence-electron chi connectivity index (χ2n) is 5.51. The van der Waals surface area contributed by atoms with Gasteiger partial charge in [-0.15, -0.1) is 0 Å². The van der Waals surface area contributed by atoms with Gasteiger partial charge in [-0.25, -0.2) is 8.42 Å². The molecule has 96 valence electrons. The van der Waals surface area contributed by atoms with E-state index in [-0.39, 0.29) is 5.75 Å². The lowest BCUT2D eigenvalue weighted by molar-refractivity contribution is 0.0502. The highest BCUT2D eigenvalue weighted by atomic mass is 35.7. The molecule has 1 fully saturated rings. The standard InChI is InChI=1S/C11H21ClO3S/c1-11(2,9-16(12,13)14)8-15-7-10-5-3-4-6-10/h10H,3-9H2,1-2H3. The van der Waals surface area contributed by atoms with Crippen LogP contribution in [0.4, 0.5) is 0 Å². The van der Waals surface area contributed by atoms with Crippen LogP contribution >= 0.6 is 10.7 Å². The predicted molar refractivity (Wildman–Crippen MR) is 66.2 cm³/mol. The van der Waals surface area contributed by atoms with Gasteiger partial charge in [-0.1, -0.05) is 26.7 Å². The molecule has 0 aromatic carbocycles. The Labute approximate surface area is 103 Å². The van der Waals surface area contributed by atoms with E-state index in [0.717, 1.165) is 6.61 Å². The summed E-state index contributed by atoms with van der Waals surface area (Å²) in [5.74, 6) is 0.634. The molecule has 16 heavy (non-hydrogen) atoms. The summed E-state index contributed by atoms with van der Waals surface area (Å²) in [6, 6.07) is 0. The molecule has 0 spiro atoms. The molecule has 0 bridgehead atoms. The minimum Gasteiger partial charge on any atom is -0.381 e. The fourth-order valence-corrected chi connectivity index (χ4v) is 4.09. The van der Waals surface area contributed by atoms with E-state index in [9.17, 15) is 8.42 Å². The number of hydrogen-bond acceptors (Lipinski definition) is 3. The third kappa shape index (κ3) is 6.06. The Morgan fingerprint density at radius 2 is 1.88 bits per heavy atom. The zero-order chi connectivity index (χ0) is 12.2. The van der Waals surface area contributed by atoms with E-state index >= 15 is 0 Å². The zero-order valence-corrected chi connectivity index (χ0v) is 11.6. The van der Waals surface area contributed by atoms with Crippen molar-refractivity contribution in [3.63, 3.8) is 0 Å². The van der Waals surface area contributed by atoms with E-state index in [1.165, 1.54) is 25.7 Å². The van der Waals surface area contributed by atoms with Crippen molar-refractivity contribution < 1.29 is 13.2 Å². The fraction of sp³-hybridized carbons (Fsp3) is 1.00. The molecule has 5 heteroatoms. The maximum atomic E-state index is 11.0. The van der Waals surface area contributed by atoms with E-state index in [4.69, 9.17) is 15.4 Å². The van der Waals surface area contributed by atoms with Gasteiger partial charge < -0.3 is 4.74 Å². The van der Waals surface area contributed by atoms with Crippen LogP contribution in [-0.2, 0) is 13.8 Å². The van der Waals surface area contributed by atoms with Gasteiger partial charge in [0.15, 0.2) is 0 Å². The fourth-order valence-electron chi connectivity index (χ4n) is 2.19. The molecule has 0 radical (unpaired) electrons. The lowest BCUT2D eigenvalue weighted by Crippen LogP contribution is -2.28. The second-order valence-corrected chi connectivity index (χ2v) is 8.29. The van der Waals surface area contributed by atoms with E-state index in [1.807, 2.05) is 13.8 Å². The van der Waals surface area contributed by atoms with E-state index in [0.29, 0.717) is 12.5 Å². The molecule has 0 aromatic heterocycles. The van der Waals surface area contributed by atoms with E-state index in [2.05, 4.69) is 0 Å². The Balaban J connectivity index is 2.24. The van der Waals surface area contributed by atoms with Gasteiger partial charge in [-0.2, -0.15) is 0 Å². The first-order valence-corrected chi connectivity index (χ1v) is 8.26. The van der Waals surface area contributed by atoms with Crippen LogP contribution < -0.4 is 0 Å². The summed E-state index contributed by atoms with van der Waals surface area (Å²) in [4.78, 5) is 0. The van der Waals surface area contributed by atoms with Crippen molar-refractivity contribution in [3.8, 4) is 0 Å². The van der Waals surface area contributed by atoms with Crippen LogP contribution in [0.25, 0.3) is 0 Å². The number of hydrogen-bond donors (Lipinski definition) is 0. The summed E-state index contributed by atoms with van der Waals surface area (Å²) in [7, 11) is 1.80. The summed E-state index contributed by atoms with van der Waals surface area (Å²) in [5, 5.41) is 0. The molecular formula is C11H21ClO3S. The molecule has 0 atom stereocenters. The summed E-state index contributed by atoms with van der Waals surface area (Å²) < 4.78 is 27.6. The van der Waals surface area contributed by atoms with Crippen molar-refractivity contribution >= 4 is 19.7 Å². The minimum absolute atomic E-state index is 0.0355. The number of ether oxygens (including phenoxy) is 1. The first kappa shape index (κ1) is 14.3. The Bertz CT molecular complexity index is 305. The maximum Gasteiger partial charge on any atom is 0.233 e. The molecule has 1 saturated carbocycles. The second kappa shape index (κ2) is 5.69.